The van der Waals surface area contributed by atoms with E-state index in [9.17, 15) is 0 Å². The third kappa shape index (κ3) is 4.61. The Morgan fingerprint density at radius 1 is 1.32 bits per heavy atom. The van der Waals surface area contributed by atoms with Gasteiger partial charge in [0.05, 0.1) is 0 Å². The van der Waals surface area contributed by atoms with Crippen molar-refractivity contribution in [3.8, 4) is 0 Å². The van der Waals surface area contributed by atoms with E-state index in [0.29, 0.717) is 6.04 Å². The molecular weight excluding hydrogens is 232 g/mol. The van der Waals surface area contributed by atoms with Crippen molar-refractivity contribution in [1.29, 1.82) is 0 Å². The normalized spacial score (nSPS) is 25.2. The highest BCUT2D eigenvalue weighted by molar-refractivity contribution is 5.10. The van der Waals surface area contributed by atoms with Gasteiger partial charge in [0.15, 0.2) is 0 Å². The van der Waals surface area contributed by atoms with E-state index in [4.69, 9.17) is 0 Å². The van der Waals surface area contributed by atoms with Crippen molar-refractivity contribution >= 4 is 0 Å². The number of hydrogen-bond acceptors (Lipinski definition) is 2. The maximum absolute atomic E-state index is 4.25. The van der Waals surface area contributed by atoms with Crippen LogP contribution in [0.15, 0.2) is 24.5 Å². The molecule has 0 aromatic carbocycles. The fourth-order valence-electron chi connectivity index (χ4n) is 3.20. The summed E-state index contributed by atoms with van der Waals surface area (Å²) >= 11 is 0. The fraction of sp³-hybridized carbons (Fsp3) is 0.706. The van der Waals surface area contributed by atoms with Crippen LogP contribution in [0.25, 0.3) is 0 Å². The molecule has 106 valence electrons. The second-order valence-electron chi connectivity index (χ2n) is 6.15. The molecule has 0 saturated heterocycles. The Morgan fingerprint density at radius 2 is 2.11 bits per heavy atom. The van der Waals surface area contributed by atoms with Gasteiger partial charge in [-0.25, -0.2) is 0 Å². The Balaban J connectivity index is 1.95. The molecule has 2 rings (SSSR count). The smallest absolute Gasteiger partial charge is 0.0300 e. The number of aromatic nitrogens is 1. The van der Waals surface area contributed by atoms with Crippen LogP contribution in [-0.2, 0) is 6.42 Å². The van der Waals surface area contributed by atoms with Gasteiger partial charge in [-0.2, -0.15) is 0 Å². The molecule has 0 aliphatic heterocycles. The molecule has 2 heteroatoms. The number of rotatable bonds is 6. The SMILES string of the molecule is CCCNC(Cc1cccnc1)C1CCC(C)CC1. The minimum atomic E-state index is 0.636. The summed E-state index contributed by atoms with van der Waals surface area (Å²) in [4.78, 5) is 4.25. The molecule has 1 saturated carbocycles. The molecule has 1 aromatic rings. The van der Waals surface area contributed by atoms with Gasteiger partial charge in [-0.3, -0.25) is 4.98 Å². The van der Waals surface area contributed by atoms with Crippen LogP contribution in [-0.4, -0.2) is 17.6 Å². The third-order valence-corrected chi connectivity index (χ3v) is 4.46. The highest BCUT2D eigenvalue weighted by Crippen LogP contribution is 2.31. The Kier molecular flexibility index (Phi) is 5.84. The van der Waals surface area contributed by atoms with Crippen molar-refractivity contribution in [3.05, 3.63) is 30.1 Å². The van der Waals surface area contributed by atoms with E-state index in [0.717, 1.165) is 24.8 Å². The predicted octanol–water partition coefficient (Wildman–Crippen LogP) is 3.82. The average Bonchev–Trinajstić information content (AvgIpc) is 2.45. The topological polar surface area (TPSA) is 24.9 Å². The zero-order valence-electron chi connectivity index (χ0n) is 12.4. The molecule has 0 radical (unpaired) electrons. The molecule has 1 aliphatic rings. The summed E-state index contributed by atoms with van der Waals surface area (Å²) in [6, 6.07) is 4.89. The quantitative estimate of drug-likeness (QED) is 0.841. The lowest BCUT2D eigenvalue weighted by molar-refractivity contribution is 0.229. The molecule has 1 aliphatic carbocycles. The number of pyridine rings is 1. The lowest BCUT2D eigenvalue weighted by atomic mass is 9.78. The number of nitrogens with zero attached hydrogens (tertiary/aromatic N) is 1. The summed E-state index contributed by atoms with van der Waals surface area (Å²) in [5.41, 5.74) is 1.37. The molecule has 19 heavy (non-hydrogen) atoms. The predicted molar refractivity (Wildman–Crippen MR) is 81.1 cm³/mol. The maximum atomic E-state index is 4.25. The van der Waals surface area contributed by atoms with E-state index < -0.39 is 0 Å². The van der Waals surface area contributed by atoms with Crippen molar-refractivity contribution in [2.24, 2.45) is 11.8 Å². The highest BCUT2D eigenvalue weighted by Gasteiger charge is 2.25. The molecule has 0 amide bonds. The van der Waals surface area contributed by atoms with E-state index in [1.54, 1.807) is 0 Å². The van der Waals surface area contributed by atoms with Crippen LogP contribution in [0.5, 0.6) is 0 Å². The van der Waals surface area contributed by atoms with Crippen molar-refractivity contribution < 1.29 is 0 Å². The fourth-order valence-corrected chi connectivity index (χ4v) is 3.20. The molecule has 1 atom stereocenters. The van der Waals surface area contributed by atoms with E-state index in [2.05, 4.69) is 36.3 Å². The Bertz CT molecular complexity index is 342. The molecule has 2 nitrogen and oxygen atoms in total. The van der Waals surface area contributed by atoms with E-state index in [1.807, 2.05) is 12.4 Å². The Morgan fingerprint density at radius 3 is 2.74 bits per heavy atom. The van der Waals surface area contributed by atoms with Crippen LogP contribution in [0, 0.1) is 11.8 Å². The van der Waals surface area contributed by atoms with Crippen LogP contribution in [0.1, 0.15) is 51.5 Å². The Hall–Kier alpha value is -0.890. The molecular formula is C17H28N2. The maximum Gasteiger partial charge on any atom is 0.0300 e. The summed E-state index contributed by atoms with van der Waals surface area (Å²) in [7, 11) is 0. The zero-order valence-corrected chi connectivity index (χ0v) is 12.4. The van der Waals surface area contributed by atoms with Crippen molar-refractivity contribution in [3.63, 3.8) is 0 Å². The van der Waals surface area contributed by atoms with Crippen LogP contribution in [0.3, 0.4) is 0 Å². The summed E-state index contributed by atoms with van der Waals surface area (Å²) in [6.45, 7) is 5.78. The van der Waals surface area contributed by atoms with Crippen LogP contribution >= 0.6 is 0 Å². The molecule has 1 fully saturated rings. The summed E-state index contributed by atoms with van der Waals surface area (Å²) in [5, 5.41) is 3.77. The molecule has 1 unspecified atom stereocenters. The molecule has 1 N–H and O–H groups in total. The van der Waals surface area contributed by atoms with Crippen molar-refractivity contribution in [2.45, 2.75) is 58.4 Å². The van der Waals surface area contributed by atoms with Gasteiger partial charge in [-0.05, 0) is 55.7 Å². The average molecular weight is 260 g/mol. The largest absolute Gasteiger partial charge is 0.313 e. The standard InChI is InChI=1S/C17H28N2/c1-3-10-19-17(12-15-5-4-11-18-13-15)16-8-6-14(2)7-9-16/h4-5,11,13-14,16-17,19H,3,6-10,12H2,1-2H3. The zero-order chi connectivity index (χ0) is 13.5. The molecule has 0 spiro atoms. The molecule has 1 aromatic heterocycles. The van der Waals surface area contributed by atoms with E-state index in [1.165, 1.54) is 37.7 Å². The van der Waals surface area contributed by atoms with Crippen LogP contribution < -0.4 is 5.32 Å². The van der Waals surface area contributed by atoms with Gasteiger partial charge in [0.2, 0.25) is 0 Å². The first kappa shape index (κ1) is 14.5. The van der Waals surface area contributed by atoms with Gasteiger partial charge in [0.25, 0.3) is 0 Å². The van der Waals surface area contributed by atoms with Gasteiger partial charge < -0.3 is 5.32 Å². The highest BCUT2D eigenvalue weighted by atomic mass is 14.9. The first-order valence-corrected chi connectivity index (χ1v) is 7.92. The monoisotopic (exact) mass is 260 g/mol. The van der Waals surface area contributed by atoms with Crippen LogP contribution in [0.4, 0.5) is 0 Å². The van der Waals surface area contributed by atoms with Gasteiger partial charge >= 0.3 is 0 Å². The molecule has 0 bridgehead atoms. The van der Waals surface area contributed by atoms with E-state index >= 15 is 0 Å². The van der Waals surface area contributed by atoms with Gasteiger partial charge in [0, 0.05) is 18.4 Å². The first-order valence-electron chi connectivity index (χ1n) is 7.92. The second kappa shape index (κ2) is 7.64. The third-order valence-electron chi connectivity index (χ3n) is 4.46. The number of hydrogen-bond donors (Lipinski definition) is 1. The van der Waals surface area contributed by atoms with Crippen LogP contribution in [0.2, 0.25) is 0 Å². The lowest BCUT2D eigenvalue weighted by Crippen LogP contribution is -2.40. The second-order valence-corrected chi connectivity index (χ2v) is 6.15. The minimum Gasteiger partial charge on any atom is -0.313 e. The Labute approximate surface area is 118 Å². The lowest BCUT2D eigenvalue weighted by Gasteiger charge is -2.33. The van der Waals surface area contributed by atoms with Gasteiger partial charge in [-0.1, -0.05) is 32.8 Å². The van der Waals surface area contributed by atoms with Crippen molar-refractivity contribution in [2.75, 3.05) is 6.54 Å². The number of nitrogens with one attached hydrogen (secondary N) is 1. The first-order chi connectivity index (χ1) is 9.29. The summed E-state index contributed by atoms with van der Waals surface area (Å²) in [5.74, 6) is 1.78. The van der Waals surface area contributed by atoms with E-state index in [-0.39, 0.29) is 0 Å². The summed E-state index contributed by atoms with van der Waals surface area (Å²) < 4.78 is 0. The molecule has 1 heterocycles. The van der Waals surface area contributed by atoms with Gasteiger partial charge in [-0.15, -0.1) is 0 Å². The van der Waals surface area contributed by atoms with Gasteiger partial charge in [0.1, 0.15) is 0 Å². The minimum absolute atomic E-state index is 0.636. The van der Waals surface area contributed by atoms with Crippen molar-refractivity contribution in [1.82, 2.24) is 10.3 Å². The summed E-state index contributed by atoms with van der Waals surface area (Å²) in [6.07, 6.45) is 11.8.